The summed E-state index contributed by atoms with van der Waals surface area (Å²) in [6.07, 6.45) is 0.148. The number of amides is 1. The van der Waals surface area contributed by atoms with Crippen molar-refractivity contribution in [3.8, 4) is 0 Å². The Hall–Kier alpha value is -1.59. The van der Waals surface area contributed by atoms with E-state index in [1.165, 1.54) is 14.2 Å². The van der Waals surface area contributed by atoms with Gasteiger partial charge in [0.2, 0.25) is 5.91 Å². The SMILES string of the molecule is COC(=O)C(C(=O)OC)C1CC(=O)N1. The molecule has 1 atom stereocenters. The molecule has 0 saturated carbocycles. The van der Waals surface area contributed by atoms with Crippen molar-refractivity contribution >= 4 is 17.8 Å². The Bertz CT molecular complexity index is 251. The van der Waals surface area contributed by atoms with Gasteiger partial charge >= 0.3 is 11.9 Å². The third-order valence-corrected chi connectivity index (χ3v) is 2.06. The molecule has 1 fully saturated rings. The molecule has 1 N–H and O–H groups in total. The third-order valence-electron chi connectivity index (χ3n) is 2.06. The minimum Gasteiger partial charge on any atom is -0.468 e. The van der Waals surface area contributed by atoms with Crippen LogP contribution in [0.2, 0.25) is 0 Å². The molecule has 0 spiro atoms. The van der Waals surface area contributed by atoms with E-state index in [-0.39, 0.29) is 12.3 Å². The van der Waals surface area contributed by atoms with E-state index >= 15 is 0 Å². The molecule has 0 aromatic rings. The van der Waals surface area contributed by atoms with E-state index in [4.69, 9.17) is 0 Å². The molecule has 0 aromatic carbocycles. The Labute approximate surface area is 80.5 Å². The predicted molar refractivity (Wildman–Crippen MR) is 44.1 cm³/mol. The fourth-order valence-corrected chi connectivity index (χ4v) is 1.27. The maximum Gasteiger partial charge on any atom is 0.322 e. The fourth-order valence-electron chi connectivity index (χ4n) is 1.27. The number of methoxy groups -OCH3 is 2. The van der Waals surface area contributed by atoms with Crippen molar-refractivity contribution in [2.75, 3.05) is 14.2 Å². The van der Waals surface area contributed by atoms with E-state index in [1.807, 2.05) is 0 Å². The van der Waals surface area contributed by atoms with Gasteiger partial charge in [-0.1, -0.05) is 0 Å². The smallest absolute Gasteiger partial charge is 0.322 e. The summed E-state index contributed by atoms with van der Waals surface area (Å²) in [4.78, 5) is 33.0. The van der Waals surface area contributed by atoms with Crippen LogP contribution in [0.25, 0.3) is 0 Å². The predicted octanol–water partition coefficient (Wildman–Crippen LogP) is -1.16. The van der Waals surface area contributed by atoms with E-state index in [1.54, 1.807) is 0 Å². The minimum atomic E-state index is -1.05. The van der Waals surface area contributed by atoms with Gasteiger partial charge in [0, 0.05) is 6.42 Å². The fraction of sp³-hybridized carbons (Fsp3) is 0.625. The molecule has 0 bridgehead atoms. The lowest BCUT2D eigenvalue weighted by atomic mass is 9.91. The topological polar surface area (TPSA) is 81.7 Å². The second kappa shape index (κ2) is 4.08. The zero-order chi connectivity index (χ0) is 10.7. The highest BCUT2D eigenvalue weighted by Gasteiger charge is 2.43. The number of β-lactam (4-membered cyclic amide) rings is 1. The normalized spacial score (nSPS) is 19.6. The van der Waals surface area contributed by atoms with Crippen molar-refractivity contribution in [2.24, 2.45) is 5.92 Å². The van der Waals surface area contributed by atoms with Crippen LogP contribution in [-0.2, 0) is 23.9 Å². The van der Waals surface area contributed by atoms with Gasteiger partial charge in [-0.2, -0.15) is 0 Å². The number of carbonyl (C=O) groups is 3. The summed E-state index contributed by atoms with van der Waals surface area (Å²) in [5.74, 6) is -2.63. The van der Waals surface area contributed by atoms with Crippen LogP contribution in [-0.4, -0.2) is 38.1 Å². The van der Waals surface area contributed by atoms with E-state index in [0.29, 0.717) is 0 Å². The van der Waals surface area contributed by atoms with Gasteiger partial charge in [0.15, 0.2) is 5.92 Å². The van der Waals surface area contributed by atoms with Crippen LogP contribution in [0.4, 0.5) is 0 Å². The van der Waals surface area contributed by atoms with E-state index in [9.17, 15) is 14.4 Å². The molecular formula is C8H11NO5. The highest BCUT2D eigenvalue weighted by atomic mass is 16.5. The van der Waals surface area contributed by atoms with Gasteiger partial charge in [0.05, 0.1) is 20.3 Å². The second-order valence-corrected chi connectivity index (χ2v) is 2.90. The summed E-state index contributed by atoms with van der Waals surface area (Å²) in [5, 5.41) is 2.43. The molecule has 1 aliphatic rings. The second-order valence-electron chi connectivity index (χ2n) is 2.90. The van der Waals surface area contributed by atoms with Gasteiger partial charge in [-0.25, -0.2) is 0 Å². The van der Waals surface area contributed by atoms with E-state index in [2.05, 4.69) is 14.8 Å². The average molecular weight is 201 g/mol. The number of hydrogen-bond donors (Lipinski definition) is 1. The van der Waals surface area contributed by atoms with Crippen molar-refractivity contribution in [1.82, 2.24) is 5.32 Å². The summed E-state index contributed by atoms with van der Waals surface area (Å²) in [7, 11) is 2.36. The first-order valence-electron chi connectivity index (χ1n) is 4.05. The van der Waals surface area contributed by atoms with Gasteiger partial charge in [0.1, 0.15) is 0 Å². The molecule has 1 heterocycles. The molecule has 0 radical (unpaired) electrons. The van der Waals surface area contributed by atoms with Crippen molar-refractivity contribution in [1.29, 1.82) is 0 Å². The number of ether oxygens (including phenoxy) is 2. The van der Waals surface area contributed by atoms with Crippen molar-refractivity contribution < 1.29 is 23.9 Å². The standard InChI is InChI=1S/C8H11NO5/c1-13-7(11)6(8(12)14-2)4-3-5(10)9-4/h4,6H,3H2,1-2H3,(H,9,10). The molecule has 6 heteroatoms. The minimum absolute atomic E-state index is 0.148. The van der Waals surface area contributed by atoms with Crippen LogP contribution >= 0.6 is 0 Å². The monoisotopic (exact) mass is 201 g/mol. The number of carbonyl (C=O) groups excluding carboxylic acids is 3. The van der Waals surface area contributed by atoms with Crippen LogP contribution in [0.5, 0.6) is 0 Å². The van der Waals surface area contributed by atoms with Crippen molar-refractivity contribution in [3.63, 3.8) is 0 Å². The molecule has 0 aromatic heterocycles. The van der Waals surface area contributed by atoms with Gasteiger partial charge < -0.3 is 14.8 Å². The molecule has 1 rings (SSSR count). The molecule has 1 aliphatic heterocycles. The van der Waals surface area contributed by atoms with Crippen LogP contribution < -0.4 is 5.32 Å². The lowest BCUT2D eigenvalue weighted by Gasteiger charge is -2.30. The van der Waals surface area contributed by atoms with Gasteiger partial charge in [-0.05, 0) is 0 Å². The Morgan fingerprint density at radius 2 is 1.79 bits per heavy atom. The zero-order valence-corrected chi connectivity index (χ0v) is 7.90. The highest BCUT2D eigenvalue weighted by Crippen LogP contribution is 2.18. The molecule has 1 unspecified atom stereocenters. The summed E-state index contributed by atoms with van der Waals surface area (Å²) in [6, 6.07) is -0.498. The molecule has 14 heavy (non-hydrogen) atoms. The van der Waals surface area contributed by atoms with Gasteiger partial charge in [-0.15, -0.1) is 0 Å². The molecule has 78 valence electrons. The van der Waals surface area contributed by atoms with Crippen LogP contribution in [0.3, 0.4) is 0 Å². The first kappa shape index (κ1) is 10.5. The molecule has 0 aliphatic carbocycles. The molecule has 1 amide bonds. The Morgan fingerprint density at radius 3 is 2.07 bits per heavy atom. The average Bonchev–Trinajstić information content (AvgIpc) is 2.14. The van der Waals surface area contributed by atoms with Crippen LogP contribution in [0.15, 0.2) is 0 Å². The van der Waals surface area contributed by atoms with Gasteiger partial charge in [-0.3, -0.25) is 14.4 Å². The molecular weight excluding hydrogens is 190 g/mol. The summed E-state index contributed by atoms with van der Waals surface area (Å²) in [5.41, 5.74) is 0. The summed E-state index contributed by atoms with van der Waals surface area (Å²) >= 11 is 0. The molecule has 6 nitrogen and oxygen atoms in total. The Kier molecular flexibility index (Phi) is 3.06. The van der Waals surface area contributed by atoms with E-state index in [0.717, 1.165) is 0 Å². The quantitative estimate of drug-likeness (QED) is 0.354. The molecule has 1 saturated heterocycles. The number of rotatable bonds is 3. The van der Waals surface area contributed by atoms with Crippen LogP contribution in [0, 0.1) is 5.92 Å². The lowest BCUT2D eigenvalue weighted by molar-refractivity contribution is -0.162. The maximum atomic E-state index is 11.2. The summed E-state index contributed by atoms with van der Waals surface area (Å²) < 4.78 is 8.87. The highest BCUT2D eigenvalue weighted by molar-refractivity contribution is 5.98. The van der Waals surface area contributed by atoms with Crippen LogP contribution in [0.1, 0.15) is 6.42 Å². The largest absolute Gasteiger partial charge is 0.468 e. The number of nitrogens with one attached hydrogen (secondary N) is 1. The van der Waals surface area contributed by atoms with E-state index < -0.39 is 23.9 Å². The zero-order valence-electron chi connectivity index (χ0n) is 7.90. The first-order chi connectivity index (χ1) is 6.60. The number of hydrogen-bond acceptors (Lipinski definition) is 5. The third kappa shape index (κ3) is 1.84. The maximum absolute atomic E-state index is 11.2. The Balaban J connectivity index is 2.67. The number of esters is 2. The Morgan fingerprint density at radius 1 is 1.36 bits per heavy atom. The first-order valence-corrected chi connectivity index (χ1v) is 4.05. The van der Waals surface area contributed by atoms with Gasteiger partial charge in [0.25, 0.3) is 0 Å². The van der Waals surface area contributed by atoms with Crippen molar-refractivity contribution in [3.05, 3.63) is 0 Å². The summed E-state index contributed by atoms with van der Waals surface area (Å²) in [6.45, 7) is 0. The van der Waals surface area contributed by atoms with Crippen molar-refractivity contribution in [2.45, 2.75) is 12.5 Å². The lowest BCUT2D eigenvalue weighted by Crippen LogP contribution is -2.57.